The molecule has 2 aliphatic heterocycles. The van der Waals surface area contributed by atoms with Gasteiger partial charge in [-0.25, -0.2) is 4.79 Å². The summed E-state index contributed by atoms with van der Waals surface area (Å²) in [5.41, 5.74) is 2.56. The van der Waals surface area contributed by atoms with Crippen LogP contribution in [0.4, 0.5) is 4.79 Å². The van der Waals surface area contributed by atoms with Crippen molar-refractivity contribution >= 4 is 11.9 Å². The molecular weight excluding hydrogens is 338 g/mol. The van der Waals surface area contributed by atoms with E-state index in [1.807, 2.05) is 29.7 Å². The van der Waals surface area contributed by atoms with Gasteiger partial charge in [0, 0.05) is 37.6 Å². The fraction of sp³-hybridized carbons (Fsp3) is 0.545. The number of nitrogens with zero attached hydrogens (tertiary/aromatic N) is 2. The van der Waals surface area contributed by atoms with Crippen LogP contribution < -0.4 is 5.32 Å². The third-order valence-corrected chi connectivity index (χ3v) is 6.35. The standard InChI is InChI=1S/C22H29N3O2/c1-16(2)23-21(27)25-13-9-22(10-14-25)15-18(17-7-3-4-8-19(17)22)20(26)24-11-5-6-12-24/h3-8,16,18H,9-15H2,1-2H3,(H,23,27). The molecular formula is C22H29N3O2. The second-order valence-electron chi connectivity index (χ2n) is 8.43. The van der Waals surface area contributed by atoms with Crippen LogP contribution in [0.15, 0.2) is 36.4 Å². The lowest BCUT2D eigenvalue weighted by atomic mass is 9.73. The van der Waals surface area contributed by atoms with E-state index in [2.05, 4.69) is 35.7 Å². The Balaban J connectivity index is 1.53. The third-order valence-electron chi connectivity index (χ3n) is 6.35. The Morgan fingerprint density at radius 3 is 2.41 bits per heavy atom. The highest BCUT2D eigenvalue weighted by Crippen LogP contribution is 2.52. The first-order valence-electron chi connectivity index (χ1n) is 10.1. The molecule has 0 bridgehead atoms. The van der Waals surface area contributed by atoms with Gasteiger partial charge in [0.1, 0.15) is 0 Å². The van der Waals surface area contributed by atoms with E-state index >= 15 is 0 Å². The molecule has 5 nitrogen and oxygen atoms in total. The predicted molar refractivity (Wildman–Crippen MR) is 106 cm³/mol. The predicted octanol–water partition coefficient (Wildman–Crippen LogP) is 3.02. The Labute approximate surface area is 161 Å². The smallest absolute Gasteiger partial charge is 0.317 e. The second kappa shape index (κ2) is 7.02. The second-order valence-corrected chi connectivity index (χ2v) is 8.43. The average molecular weight is 367 g/mol. The first-order chi connectivity index (χ1) is 13.0. The van der Waals surface area contributed by atoms with Crippen LogP contribution in [-0.2, 0) is 10.2 Å². The lowest BCUT2D eigenvalue weighted by Crippen LogP contribution is -2.49. The van der Waals surface area contributed by atoms with Gasteiger partial charge in [-0.1, -0.05) is 36.4 Å². The molecule has 5 heteroatoms. The highest BCUT2D eigenvalue weighted by molar-refractivity contribution is 5.86. The van der Waals surface area contributed by atoms with Crippen molar-refractivity contribution in [3.05, 3.63) is 47.5 Å². The van der Waals surface area contributed by atoms with Crippen LogP contribution in [0.2, 0.25) is 0 Å². The summed E-state index contributed by atoms with van der Waals surface area (Å²) < 4.78 is 0. The van der Waals surface area contributed by atoms with Crippen LogP contribution in [0.3, 0.4) is 0 Å². The van der Waals surface area contributed by atoms with Crippen molar-refractivity contribution in [3.8, 4) is 0 Å². The molecule has 1 spiro atoms. The summed E-state index contributed by atoms with van der Waals surface area (Å²) in [7, 11) is 0. The molecule has 0 aromatic heterocycles. The van der Waals surface area contributed by atoms with Gasteiger partial charge in [0.2, 0.25) is 5.91 Å². The minimum Gasteiger partial charge on any atom is -0.336 e. The zero-order valence-electron chi connectivity index (χ0n) is 16.3. The van der Waals surface area contributed by atoms with Crippen molar-refractivity contribution in [2.75, 3.05) is 26.2 Å². The molecule has 1 fully saturated rings. The van der Waals surface area contributed by atoms with E-state index in [9.17, 15) is 9.59 Å². The number of nitrogens with one attached hydrogen (secondary N) is 1. The number of hydrogen-bond donors (Lipinski definition) is 1. The number of rotatable bonds is 2. The number of piperidine rings is 1. The lowest BCUT2D eigenvalue weighted by Gasteiger charge is -2.40. The van der Waals surface area contributed by atoms with Crippen molar-refractivity contribution in [2.24, 2.45) is 0 Å². The number of urea groups is 1. The van der Waals surface area contributed by atoms with Crippen LogP contribution in [-0.4, -0.2) is 54.0 Å². The molecule has 1 saturated heterocycles. The first-order valence-corrected chi connectivity index (χ1v) is 10.1. The van der Waals surface area contributed by atoms with Gasteiger partial charge in [-0.2, -0.15) is 0 Å². The van der Waals surface area contributed by atoms with Crippen molar-refractivity contribution in [3.63, 3.8) is 0 Å². The molecule has 0 saturated carbocycles. The zero-order chi connectivity index (χ0) is 19.0. The van der Waals surface area contributed by atoms with E-state index in [-0.39, 0.29) is 29.3 Å². The van der Waals surface area contributed by atoms with Crippen LogP contribution >= 0.6 is 0 Å². The van der Waals surface area contributed by atoms with Crippen LogP contribution in [0.1, 0.15) is 50.2 Å². The number of fused-ring (bicyclic) bond motifs is 2. The van der Waals surface area contributed by atoms with Gasteiger partial charge in [0.15, 0.2) is 0 Å². The fourth-order valence-corrected chi connectivity index (χ4v) is 4.94. The molecule has 1 N–H and O–H groups in total. The third kappa shape index (κ3) is 3.24. The topological polar surface area (TPSA) is 52.7 Å². The first kappa shape index (κ1) is 18.1. The van der Waals surface area contributed by atoms with Crippen molar-refractivity contribution in [1.29, 1.82) is 0 Å². The van der Waals surface area contributed by atoms with Gasteiger partial charge in [0.25, 0.3) is 0 Å². The van der Waals surface area contributed by atoms with Crippen molar-refractivity contribution < 1.29 is 9.59 Å². The largest absolute Gasteiger partial charge is 0.336 e. The maximum absolute atomic E-state index is 13.1. The number of carbonyl (C=O) groups excluding carboxylic acids is 2. The maximum Gasteiger partial charge on any atom is 0.317 e. The Morgan fingerprint density at radius 2 is 1.74 bits per heavy atom. The van der Waals surface area contributed by atoms with Crippen LogP contribution in [0.25, 0.3) is 0 Å². The van der Waals surface area contributed by atoms with E-state index in [0.29, 0.717) is 0 Å². The highest BCUT2D eigenvalue weighted by Gasteiger charge is 2.48. The van der Waals surface area contributed by atoms with E-state index in [1.54, 1.807) is 0 Å². The highest BCUT2D eigenvalue weighted by atomic mass is 16.2. The Hall–Kier alpha value is -2.30. The summed E-state index contributed by atoms with van der Waals surface area (Å²) in [6, 6.07) is 8.65. The van der Waals surface area contributed by atoms with E-state index in [4.69, 9.17) is 0 Å². The summed E-state index contributed by atoms with van der Waals surface area (Å²) >= 11 is 0. The SMILES string of the molecule is CC(C)NC(=O)N1CCC2(CC1)CC(C(=O)N1CC=CC1)c1ccccc12. The summed E-state index contributed by atoms with van der Waals surface area (Å²) in [6.07, 6.45) is 6.87. The zero-order valence-corrected chi connectivity index (χ0v) is 16.3. The minimum absolute atomic E-state index is 0.0265. The quantitative estimate of drug-likeness (QED) is 0.817. The molecule has 1 atom stereocenters. The molecule has 1 unspecified atom stereocenters. The number of likely N-dealkylation sites (tertiary alicyclic amines) is 1. The molecule has 3 aliphatic rings. The molecule has 1 aliphatic carbocycles. The molecule has 0 radical (unpaired) electrons. The van der Waals surface area contributed by atoms with Crippen LogP contribution in [0, 0.1) is 0 Å². The summed E-state index contributed by atoms with van der Waals surface area (Å²) in [4.78, 5) is 29.4. The van der Waals surface area contributed by atoms with Gasteiger partial charge >= 0.3 is 6.03 Å². The Bertz CT molecular complexity index is 755. The fourth-order valence-electron chi connectivity index (χ4n) is 4.94. The monoisotopic (exact) mass is 367 g/mol. The maximum atomic E-state index is 13.1. The molecule has 3 amide bonds. The minimum atomic E-state index is -0.0443. The lowest BCUT2D eigenvalue weighted by molar-refractivity contribution is -0.131. The van der Waals surface area contributed by atoms with Gasteiger partial charge < -0.3 is 15.1 Å². The number of benzene rings is 1. The molecule has 4 rings (SSSR count). The Morgan fingerprint density at radius 1 is 1.07 bits per heavy atom. The normalized spacial score (nSPS) is 23.1. The molecule has 144 valence electrons. The summed E-state index contributed by atoms with van der Waals surface area (Å²) in [6.45, 7) is 6.93. The molecule has 27 heavy (non-hydrogen) atoms. The van der Waals surface area contributed by atoms with Gasteiger partial charge in [0.05, 0.1) is 5.92 Å². The van der Waals surface area contributed by atoms with Crippen molar-refractivity contribution in [2.45, 2.75) is 50.5 Å². The van der Waals surface area contributed by atoms with Gasteiger partial charge in [-0.05, 0) is 44.2 Å². The number of amides is 3. The van der Waals surface area contributed by atoms with Crippen molar-refractivity contribution in [1.82, 2.24) is 15.1 Å². The number of carbonyl (C=O) groups is 2. The van der Waals surface area contributed by atoms with Gasteiger partial charge in [-0.15, -0.1) is 0 Å². The molecule has 1 aromatic carbocycles. The number of hydrogen-bond acceptors (Lipinski definition) is 2. The van der Waals surface area contributed by atoms with E-state index < -0.39 is 0 Å². The van der Waals surface area contributed by atoms with E-state index in [1.165, 1.54) is 11.1 Å². The average Bonchev–Trinajstić information content (AvgIpc) is 3.29. The Kier molecular flexibility index (Phi) is 4.70. The molecule has 2 heterocycles. The van der Waals surface area contributed by atoms with E-state index in [0.717, 1.165) is 45.4 Å². The molecule has 1 aromatic rings. The van der Waals surface area contributed by atoms with Crippen LogP contribution in [0.5, 0.6) is 0 Å². The van der Waals surface area contributed by atoms with Gasteiger partial charge in [-0.3, -0.25) is 4.79 Å². The summed E-state index contributed by atoms with van der Waals surface area (Å²) in [5.74, 6) is 0.210. The summed E-state index contributed by atoms with van der Waals surface area (Å²) in [5, 5.41) is 2.99.